The second kappa shape index (κ2) is 4.95. The summed E-state index contributed by atoms with van der Waals surface area (Å²) in [7, 11) is 0. The minimum Gasteiger partial charge on any atom is -0.0838 e. The van der Waals surface area contributed by atoms with E-state index in [9.17, 15) is 0 Å². The molecule has 18 heavy (non-hydrogen) atoms. The van der Waals surface area contributed by atoms with Crippen LogP contribution < -0.4 is 0 Å². The third-order valence-electron chi connectivity index (χ3n) is 3.21. The van der Waals surface area contributed by atoms with E-state index in [4.69, 9.17) is 23.2 Å². The third kappa shape index (κ3) is 2.41. The lowest BCUT2D eigenvalue weighted by Gasteiger charge is -2.11. The van der Waals surface area contributed by atoms with Crippen molar-refractivity contribution in [3.8, 4) is 11.1 Å². The fourth-order valence-electron chi connectivity index (χ4n) is 2.23. The topological polar surface area (TPSA) is 0 Å². The molecule has 0 aromatic heterocycles. The molecule has 0 radical (unpaired) electrons. The van der Waals surface area contributed by atoms with Crippen molar-refractivity contribution in [3.05, 3.63) is 56.6 Å². The van der Waals surface area contributed by atoms with Crippen molar-refractivity contribution in [1.29, 1.82) is 0 Å². The molecule has 94 valence electrons. The second-order valence-electron chi connectivity index (χ2n) is 4.85. The van der Waals surface area contributed by atoms with E-state index in [2.05, 4.69) is 24.3 Å². The first kappa shape index (κ1) is 13.5. The Morgan fingerprint density at radius 1 is 0.556 bits per heavy atom. The van der Waals surface area contributed by atoms with E-state index in [0.717, 1.165) is 32.3 Å². The lowest BCUT2D eigenvalue weighted by Crippen LogP contribution is -1.88. The fourth-order valence-corrected chi connectivity index (χ4v) is 2.44. The Hall–Kier alpha value is -0.980. The van der Waals surface area contributed by atoms with E-state index >= 15 is 0 Å². The molecule has 0 nitrogen and oxygen atoms in total. The summed E-state index contributed by atoms with van der Waals surface area (Å²) >= 11 is 12.4. The molecule has 2 aromatic carbocycles. The first-order chi connectivity index (χ1) is 8.40. The SMILES string of the molecule is Cc1cc(-c2cc(C)c(Cl)c(C)c2)cc(C)c1Cl. The summed E-state index contributed by atoms with van der Waals surface area (Å²) < 4.78 is 0. The van der Waals surface area contributed by atoms with Gasteiger partial charge in [-0.25, -0.2) is 0 Å². The van der Waals surface area contributed by atoms with Gasteiger partial charge in [0.2, 0.25) is 0 Å². The molecule has 0 N–H and O–H groups in total. The molecule has 0 aliphatic rings. The van der Waals surface area contributed by atoms with Crippen molar-refractivity contribution < 1.29 is 0 Å². The normalized spacial score (nSPS) is 10.8. The number of aryl methyl sites for hydroxylation is 4. The van der Waals surface area contributed by atoms with Gasteiger partial charge in [0.05, 0.1) is 0 Å². The smallest absolute Gasteiger partial charge is 0.0464 e. The first-order valence-corrected chi connectivity index (χ1v) is 6.69. The Bertz CT molecular complexity index is 511. The molecule has 0 heterocycles. The summed E-state index contributed by atoms with van der Waals surface area (Å²) in [5.41, 5.74) is 6.82. The average Bonchev–Trinajstić information content (AvgIpc) is 2.31. The minimum absolute atomic E-state index is 0.848. The van der Waals surface area contributed by atoms with Crippen molar-refractivity contribution in [2.45, 2.75) is 27.7 Å². The monoisotopic (exact) mass is 278 g/mol. The van der Waals surface area contributed by atoms with E-state index in [1.165, 1.54) is 11.1 Å². The van der Waals surface area contributed by atoms with Crippen molar-refractivity contribution in [1.82, 2.24) is 0 Å². The summed E-state index contributed by atoms with van der Waals surface area (Å²) in [4.78, 5) is 0. The standard InChI is InChI=1S/C16H16Cl2/c1-9-5-13(6-10(2)15(9)17)14-7-11(3)16(18)12(4)8-14/h5-8H,1-4H3. The molecule has 0 bridgehead atoms. The Balaban J connectivity index is 2.63. The van der Waals surface area contributed by atoms with Gasteiger partial charge in [-0.05, 0) is 85.3 Å². The van der Waals surface area contributed by atoms with Gasteiger partial charge in [-0.2, -0.15) is 0 Å². The maximum absolute atomic E-state index is 6.20. The van der Waals surface area contributed by atoms with E-state index in [-0.39, 0.29) is 0 Å². The van der Waals surface area contributed by atoms with Crippen molar-refractivity contribution in [2.24, 2.45) is 0 Å². The Labute approximate surface area is 119 Å². The van der Waals surface area contributed by atoms with Crippen LogP contribution in [0.5, 0.6) is 0 Å². The van der Waals surface area contributed by atoms with Crippen molar-refractivity contribution >= 4 is 23.2 Å². The van der Waals surface area contributed by atoms with Crippen molar-refractivity contribution in [2.75, 3.05) is 0 Å². The molecule has 2 aromatic rings. The molecule has 2 rings (SSSR count). The zero-order valence-corrected chi connectivity index (χ0v) is 12.6. The Morgan fingerprint density at radius 2 is 0.778 bits per heavy atom. The number of halogens is 2. The van der Waals surface area contributed by atoms with E-state index in [1.54, 1.807) is 0 Å². The molecule has 0 saturated heterocycles. The number of hydrogen-bond acceptors (Lipinski definition) is 0. The maximum Gasteiger partial charge on any atom is 0.0464 e. The molecule has 0 aliphatic carbocycles. The van der Waals surface area contributed by atoms with Gasteiger partial charge in [-0.15, -0.1) is 0 Å². The van der Waals surface area contributed by atoms with Gasteiger partial charge in [0.15, 0.2) is 0 Å². The van der Waals surface area contributed by atoms with Gasteiger partial charge in [-0.1, -0.05) is 23.2 Å². The third-order valence-corrected chi connectivity index (χ3v) is 4.40. The highest BCUT2D eigenvalue weighted by Crippen LogP contribution is 2.31. The fraction of sp³-hybridized carbons (Fsp3) is 0.250. The van der Waals surface area contributed by atoms with Crippen LogP contribution >= 0.6 is 23.2 Å². The van der Waals surface area contributed by atoms with Crippen LogP contribution in [0.15, 0.2) is 24.3 Å². The second-order valence-corrected chi connectivity index (χ2v) is 5.60. The number of benzene rings is 2. The number of rotatable bonds is 1. The van der Waals surface area contributed by atoms with Crippen LogP contribution in [0.3, 0.4) is 0 Å². The largest absolute Gasteiger partial charge is 0.0838 e. The highest BCUT2D eigenvalue weighted by Gasteiger charge is 2.08. The summed E-state index contributed by atoms with van der Waals surface area (Å²) in [6, 6.07) is 8.49. The van der Waals surface area contributed by atoms with Gasteiger partial charge < -0.3 is 0 Å². The average molecular weight is 279 g/mol. The molecule has 0 fully saturated rings. The molecule has 0 saturated carbocycles. The molecule has 0 aliphatic heterocycles. The molecule has 2 heteroatoms. The molecule has 0 unspecified atom stereocenters. The zero-order valence-electron chi connectivity index (χ0n) is 11.1. The van der Waals surface area contributed by atoms with Crippen LogP contribution in [-0.4, -0.2) is 0 Å². The Morgan fingerprint density at radius 3 is 1.00 bits per heavy atom. The van der Waals surface area contributed by atoms with E-state index in [0.29, 0.717) is 0 Å². The van der Waals surface area contributed by atoms with Crippen LogP contribution in [0.4, 0.5) is 0 Å². The molecule has 0 atom stereocenters. The van der Waals surface area contributed by atoms with Gasteiger partial charge in [0.25, 0.3) is 0 Å². The summed E-state index contributed by atoms with van der Waals surface area (Å²) in [6.45, 7) is 8.14. The predicted molar refractivity (Wildman–Crippen MR) is 80.8 cm³/mol. The summed E-state index contributed by atoms with van der Waals surface area (Å²) in [5, 5.41) is 1.70. The zero-order chi connectivity index (χ0) is 13.4. The highest BCUT2D eigenvalue weighted by atomic mass is 35.5. The first-order valence-electron chi connectivity index (χ1n) is 5.94. The van der Waals surface area contributed by atoms with Crippen molar-refractivity contribution in [3.63, 3.8) is 0 Å². The van der Waals surface area contributed by atoms with Gasteiger partial charge in [0.1, 0.15) is 0 Å². The molecule has 0 amide bonds. The maximum atomic E-state index is 6.20. The van der Waals surface area contributed by atoms with E-state index in [1.807, 2.05) is 27.7 Å². The van der Waals surface area contributed by atoms with Gasteiger partial charge in [-0.3, -0.25) is 0 Å². The lowest BCUT2D eigenvalue weighted by atomic mass is 9.97. The molecular weight excluding hydrogens is 263 g/mol. The van der Waals surface area contributed by atoms with E-state index < -0.39 is 0 Å². The summed E-state index contributed by atoms with van der Waals surface area (Å²) in [5.74, 6) is 0. The minimum atomic E-state index is 0.848. The molecule has 0 spiro atoms. The van der Waals surface area contributed by atoms with Crippen LogP contribution in [0, 0.1) is 27.7 Å². The van der Waals surface area contributed by atoms with Crippen LogP contribution in [-0.2, 0) is 0 Å². The highest BCUT2D eigenvalue weighted by molar-refractivity contribution is 6.32. The lowest BCUT2D eigenvalue weighted by molar-refractivity contribution is 1.35. The number of hydrogen-bond donors (Lipinski definition) is 0. The molecular formula is C16H16Cl2. The van der Waals surface area contributed by atoms with Crippen LogP contribution in [0.2, 0.25) is 10.0 Å². The van der Waals surface area contributed by atoms with Gasteiger partial charge >= 0.3 is 0 Å². The summed E-state index contributed by atoms with van der Waals surface area (Å²) in [6.07, 6.45) is 0. The van der Waals surface area contributed by atoms with Gasteiger partial charge in [0, 0.05) is 10.0 Å². The Kier molecular flexibility index (Phi) is 3.70. The quantitative estimate of drug-likeness (QED) is 0.610. The van der Waals surface area contributed by atoms with Crippen LogP contribution in [0.25, 0.3) is 11.1 Å². The van der Waals surface area contributed by atoms with Crippen LogP contribution in [0.1, 0.15) is 22.3 Å². The predicted octanol–water partition coefficient (Wildman–Crippen LogP) is 5.89.